The summed E-state index contributed by atoms with van der Waals surface area (Å²) < 4.78 is 12.1. The Morgan fingerprint density at radius 1 is 1.45 bits per heavy atom. The van der Waals surface area contributed by atoms with E-state index < -0.39 is 0 Å². The van der Waals surface area contributed by atoms with Gasteiger partial charge in [-0.05, 0) is 28.1 Å². The van der Waals surface area contributed by atoms with E-state index in [9.17, 15) is 0 Å². The molecule has 1 fully saturated rings. The Morgan fingerprint density at radius 3 is 3.10 bits per heavy atom. The highest BCUT2D eigenvalue weighted by Gasteiger charge is 2.21. The highest BCUT2D eigenvalue weighted by atomic mass is 79.9. The molecule has 1 unspecified atom stereocenters. The zero-order valence-electron chi connectivity index (χ0n) is 10.7. The molecule has 0 aromatic carbocycles. The molecule has 20 heavy (non-hydrogen) atoms. The van der Waals surface area contributed by atoms with E-state index in [4.69, 9.17) is 14.3 Å². The van der Waals surface area contributed by atoms with Crippen LogP contribution in [-0.4, -0.2) is 52.6 Å². The number of aliphatic hydroxyl groups excluding tert-OH is 1. The molecule has 1 atom stereocenters. The second-order valence-corrected chi connectivity index (χ2v) is 6.98. The molecule has 2 aromatic heterocycles. The van der Waals surface area contributed by atoms with E-state index in [1.54, 1.807) is 11.3 Å². The van der Waals surface area contributed by atoms with E-state index in [1.165, 1.54) is 0 Å². The molecule has 3 rings (SSSR count). The largest absolute Gasteiger partial charge is 0.419 e. The number of hydrogen-bond donors (Lipinski definition) is 1. The summed E-state index contributed by atoms with van der Waals surface area (Å²) in [6.07, 6.45) is -0.126. The van der Waals surface area contributed by atoms with Gasteiger partial charge >= 0.3 is 0 Å². The van der Waals surface area contributed by atoms with Crippen LogP contribution in [-0.2, 0) is 11.3 Å². The minimum absolute atomic E-state index is 0.0365. The van der Waals surface area contributed by atoms with Crippen molar-refractivity contribution in [2.45, 2.75) is 12.6 Å². The molecular formula is C12H14BrN3O3S. The lowest BCUT2D eigenvalue weighted by atomic mass is 10.3. The maximum Gasteiger partial charge on any atom is 0.257 e. The standard InChI is InChI=1S/C12H14BrN3O3S/c13-10-2-1-9(20-10)12-15-14-11(19-12)6-16-3-4-18-8(5-16)7-17/h1-2,8,17H,3-7H2. The van der Waals surface area contributed by atoms with Crippen molar-refractivity contribution in [1.29, 1.82) is 0 Å². The first kappa shape index (κ1) is 14.2. The van der Waals surface area contributed by atoms with Crippen molar-refractivity contribution < 1.29 is 14.3 Å². The van der Waals surface area contributed by atoms with E-state index in [0.717, 1.165) is 15.2 Å². The molecule has 0 saturated carbocycles. The number of nitrogens with zero attached hydrogens (tertiary/aromatic N) is 3. The fraction of sp³-hybridized carbons (Fsp3) is 0.500. The van der Waals surface area contributed by atoms with Crippen LogP contribution >= 0.6 is 27.3 Å². The molecule has 2 aromatic rings. The summed E-state index contributed by atoms with van der Waals surface area (Å²) in [4.78, 5) is 3.09. The van der Waals surface area contributed by atoms with Crippen LogP contribution in [0.4, 0.5) is 0 Å². The van der Waals surface area contributed by atoms with Crippen LogP contribution in [0.3, 0.4) is 0 Å². The Hall–Kier alpha value is -0.800. The van der Waals surface area contributed by atoms with Gasteiger partial charge in [0.15, 0.2) is 0 Å². The molecule has 0 radical (unpaired) electrons. The lowest BCUT2D eigenvalue weighted by Gasteiger charge is -2.30. The van der Waals surface area contributed by atoms with Gasteiger partial charge in [0.2, 0.25) is 5.89 Å². The Labute approximate surface area is 128 Å². The predicted octanol–water partition coefficient (Wildman–Crippen LogP) is 1.75. The average Bonchev–Trinajstić information content (AvgIpc) is 3.08. The molecule has 0 aliphatic carbocycles. The number of ether oxygens (including phenoxy) is 1. The van der Waals surface area contributed by atoms with Gasteiger partial charge in [0.1, 0.15) is 0 Å². The Bertz CT molecular complexity index is 574. The normalized spacial score (nSPS) is 20.4. The van der Waals surface area contributed by atoms with Crippen LogP contribution in [0.25, 0.3) is 10.8 Å². The number of halogens is 1. The van der Waals surface area contributed by atoms with Crippen LogP contribution in [0, 0.1) is 0 Å². The van der Waals surface area contributed by atoms with Gasteiger partial charge in [0.05, 0.1) is 34.5 Å². The summed E-state index contributed by atoms with van der Waals surface area (Å²) in [5.74, 6) is 1.13. The number of hydrogen-bond acceptors (Lipinski definition) is 7. The maximum atomic E-state index is 9.12. The Kier molecular flexibility index (Phi) is 4.47. The number of aromatic nitrogens is 2. The molecule has 0 spiro atoms. The van der Waals surface area contributed by atoms with Crippen LogP contribution < -0.4 is 0 Å². The number of rotatable bonds is 4. The predicted molar refractivity (Wildman–Crippen MR) is 77.4 cm³/mol. The fourth-order valence-electron chi connectivity index (χ4n) is 2.07. The van der Waals surface area contributed by atoms with Crippen LogP contribution in [0.5, 0.6) is 0 Å². The summed E-state index contributed by atoms with van der Waals surface area (Å²) in [6.45, 7) is 2.72. The minimum atomic E-state index is -0.126. The highest BCUT2D eigenvalue weighted by molar-refractivity contribution is 9.11. The molecule has 108 valence electrons. The van der Waals surface area contributed by atoms with Crippen LogP contribution in [0.15, 0.2) is 20.3 Å². The van der Waals surface area contributed by atoms with Gasteiger partial charge in [-0.15, -0.1) is 21.5 Å². The van der Waals surface area contributed by atoms with E-state index in [1.807, 2.05) is 12.1 Å². The monoisotopic (exact) mass is 359 g/mol. The first-order valence-corrected chi connectivity index (χ1v) is 7.88. The number of thiophene rings is 1. The third-order valence-corrected chi connectivity index (χ3v) is 4.65. The average molecular weight is 360 g/mol. The quantitative estimate of drug-likeness (QED) is 0.896. The molecule has 6 nitrogen and oxygen atoms in total. The van der Waals surface area contributed by atoms with E-state index in [-0.39, 0.29) is 12.7 Å². The zero-order chi connectivity index (χ0) is 13.9. The SMILES string of the molecule is OCC1CN(Cc2nnc(-c3ccc(Br)s3)o2)CCO1. The summed E-state index contributed by atoms with van der Waals surface area (Å²) in [6, 6.07) is 3.90. The van der Waals surface area contributed by atoms with E-state index in [0.29, 0.717) is 31.5 Å². The van der Waals surface area contributed by atoms with Gasteiger partial charge < -0.3 is 14.3 Å². The van der Waals surface area contributed by atoms with Crippen molar-refractivity contribution in [3.8, 4) is 10.8 Å². The molecule has 1 aliphatic heterocycles. The number of morpholine rings is 1. The van der Waals surface area contributed by atoms with E-state index in [2.05, 4.69) is 31.0 Å². The number of aliphatic hydroxyl groups is 1. The topological polar surface area (TPSA) is 71.6 Å². The maximum absolute atomic E-state index is 9.12. The van der Waals surface area contributed by atoms with Crippen molar-refractivity contribution >= 4 is 27.3 Å². The second-order valence-electron chi connectivity index (χ2n) is 4.52. The lowest BCUT2D eigenvalue weighted by molar-refractivity contribution is -0.0568. The molecule has 1 N–H and O–H groups in total. The third kappa shape index (κ3) is 3.26. The lowest BCUT2D eigenvalue weighted by Crippen LogP contribution is -2.43. The first-order chi connectivity index (χ1) is 9.74. The molecule has 8 heteroatoms. The van der Waals surface area contributed by atoms with Gasteiger partial charge in [-0.3, -0.25) is 4.90 Å². The summed E-state index contributed by atoms with van der Waals surface area (Å²) in [5, 5.41) is 17.3. The highest BCUT2D eigenvalue weighted by Crippen LogP contribution is 2.30. The smallest absolute Gasteiger partial charge is 0.257 e. The van der Waals surface area contributed by atoms with Gasteiger partial charge in [-0.1, -0.05) is 0 Å². The van der Waals surface area contributed by atoms with Gasteiger partial charge in [-0.25, -0.2) is 0 Å². The van der Waals surface area contributed by atoms with Crippen molar-refractivity contribution in [3.05, 3.63) is 21.8 Å². The summed E-state index contributed by atoms with van der Waals surface area (Å²) in [7, 11) is 0. The third-order valence-electron chi connectivity index (χ3n) is 3.04. The molecular weight excluding hydrogens is 346 g/mol. The molecule has 3 heterocycles. The minimum Gasteiger partial charge on any atom is -0.419 e. The molecule has 1 saturated heterocycles. The Balaban J connectivity index is 1.65. The molecule has 0 bridgehead atoms. The van der Waals surface area contributed by atoms with Crippen molar-refractivity contribution in [3.63, 3.8) is 0 Å². The Morgan fingerprint density at radius 2 is 2.35 bits per heavy atom. The summed E-state index contributed by atoms with van der Waals surface area (Å²) >= 11 is 4.97. The van der Waals surface area contributed by atoms with Crippen LogP contribution in [0.2, 0.25) is 0 Å². The first-order valence-electron chi connectivity index (χ1n) is 6.27. The molecule has 0 amide bonds. The zero-order valence-corrected chi connectivity index (χ0v) is 13.1. The molecule has 1 aliphatic rings. The fourth-order valence-corrected chi connectivity index (χ4v) is 3.38. The summed E-state index contributed by atoms with van der Waals surface area (Å²) in [5.41, 5.74) is 0. The van der Waals surface area contributed by atoms with Gasteiger partial charge in [-0.2, -0.15) is 0 Å². The second kappa shape index (κ2) is 6.31. The van der Waals surface area contributed by atoms with Crippen molar-refractivity contribution in [2.24, 2.45) is 0 Å². The van der Waals surface area contributed by atoms with Gasteiger partial charge in [0, 0.05) is 13.1 Å². The van der Waals surface area contributed by atoms with Crippen LogP contribution in [0.1, 0.15) is 5.89 Å². The van der Waals surface area contributed by atoms with Crippen molar-refractivity contribution in [1.82, 2.24) is 15.1 Å². The van der Waals surface area contributed by atoms with E-state index >= 15 is 0 Å². The van der Waals surface area contributed by atoms with Crippen molar-refractivity contribution in [2.75, 3.05) is 26.3 Å². The van der Waals surface area contributed by atoms with Gasteiger partial charge in [0.25, 0.3) is 5.89 Å².